The van der Waals surface area contributed by atoms with Crippen LogP contribution < -0.4 is 0 Å². The van der Waals surface area contributed by atoms with Gasteiger partial charge in [0.15, 0.2) is 0 Å². The van der Waals surface area contributed by atoms with Gasteiger partial charge in [0, 0.05) is 19.4 Å². The Bertz CT molecular complexity index is 468. The van der Waals surface area contributed by atoms with Crippen molar-refractivity contribution in [1.82, 2.24) is 0 Å². The molecule has 0 rings (SSSR count). The van der Waals surface area contributed by atoms with Crippen molar-refractivity contribution < 1.29 is 37.5 Å². The summed E-state index contributed by atoms with van der Waals surface area (Å²) >= 11 is 0. The van der Waals surface area contributed by atoms with Crippen LogP contribution in [0.2, 0.25) is 0 Å². The second-order valence-electron chi connectivity index (χ2n) is 8.72. The smallest absolute Gasteiger partial charge is 0.379 e. The molecule has 0 aromatic rings. The SMILES string of the molecule is CC(C)(C)CC(=O)CCCOCCOCCOCCOP(=O)(O)OC(C)(C)C. The Labute approximate surface area is 169 Å². The lowest BCUT2D eigenvalue weighted by Gasteiger charge is -2.22. The van der Waals surface area contributed by atoms with E-state index in [-0.39, 0.29) is 24.4 Å². The van der Waals surface area contributed by atoms with Crippen molar-refractivity contribution >= 4 is 13.6 Å². The first kappa shape index (κ1) is 27.7. The van der Waals surface area contributed by atoms with E-state index >= 15 is 0 Å². The van der Waals surface area contributed by atoms with Crippen molar-refractivity contribution in [3.05, 3.63) is 0 Å². The number of phosphoric acid groups is 1. The van der Waals surface area contributed by atoms with E-state index in [0.717, 1.165) is 6.42 Å². The van der Waals surface area contributed by atoms with Gasteiger partial charge in [0.1, 0.15) is 5.78 Å². The number of ether oxygens (including phenoxy) is 3. The van der Waals surface area contributed by atoms with Crippen molar-refractivity contribution in [3.63, 3.8) is 0 Å². The van der Waals surface area contributed by atoms with Crippen LogP contribution >= 0.6 is 7.82 Å². The summed E-state index contributed by atoms with van der Waals surface area (Å²) in [6, 6.07) is 0. The van der Waals surface area contributed by atoms with E-state index in [1.54, 1.807) is 20.8 Å². The predicted molar refractivity (Wildman–Crippen MR) is 107 cm³/mol. The topological polar surface area (TPSA) is 101 Å². The third kappa shape index (κ3) is 20.4. The zero-order valence-electron chi connectivity index (χ0n) is 18.3. The minimum atomic E-state index is -4.06. The summed E-state index contributed by atoms with van der Waals surface area (Å²) in [6.07, 6.45) is 1.88. The summed E-state index contributed by atoms with van der Waals surface area (Å²) in [5.74, 6) is 0.274. The lowest BCUT2D eigenvalue weighted by atomic mass is 9.89. The average molecular weight is 426 g/mol. The standard InChI is InChI=1S/C19H39O8P/c1-18(2,3)16-17(20)8-7-9-23-10-11-24-12-13-25-14-15-26-28(21,22)27-19(4,5)6/h7-16H2,1-6H3,(H,21,22). The molecule has 0 fully saturated rings. The van der Waals surface area contributed by atoms with Gasteiger partial charge in [-0.05, 0) is 32.6 Å². The molecule has 0 heterocycles. The third-order valence-electron chi connectivity index (χ3n) is 3.09. The molecule has 0 spiro atoms. The largest absolute Gasteiger partial charge is 0.472 e. The number of ketones is 1. The molecule has 8 nitrogen and oxygen atoms in total. The fourth-order valence-corrected chi connectivity index (χ4v) is 3.23. The molecule has 1 unspecified atom stereocenters. The quantitative estimate of drug-likeness (QED) is 0.294. The van der Waals surface area contributed by atoms with Crippen LogP contribution in [0.1, 0.15) is 60.8 Å². The number of hydrogen-bond acceptors (Lipinski definition) is 7. The van der Waals surface area contributed by atoms with E-state index < -0.39 is 13.4 Å². The molecule has 0 bridgehead atoms. The van der Waals surface area contributed by atoms with Crippen LogP contribution in [0.15, 0.2) is 0 Å². The third-order valence-corrected chi connectivity index (χ3v) is 4.37. The molecule has 168 valence electrons. The van der Waals surface area contributed by atoms with E-state index in [0.29, 0.717) is 45.9 Å². The van der Waals surface area contributed by atoms with E-state index in [9.17, 15) is 14.3 Å². The normalized spacial score (nSPS) is 14.8. The van der Waals surface area contributed by atoms with Gasteiger partial charge < -0.3 is 19.1 Å². The first-order valence-corrected chi connectivity index (χ1v) is 11.2. The molecule has 0 aliphatic heterocycles. The molecule has 28 heavy (non-hydrogen) atoms. The first-order chi connectivity index (χ1) is 12.8. The Kier molecular flexibility index (Phi) is 13.6. The summed E-state index contributed by atoms with van der Waals surface area (Å²) in [6.45, 7) is 13.5. The molecule has 9 heteroatoms. The molecular formula is C19H39O8P. The minimum Gasteiger partial charge on any atom is -0.379 e. The molecule has 1 atom stereocenters. The van der Waals surface area contributed by atoms with Crippen LogP contribution in [-0.2, 0) is 32.6 Å². The Morgan fingerprint density at radius 3 is 1.75 bits per heavy atom. The predicted octanol–water partition coefficient (Wildman–Crippen LogP) is 3.75. The average Bonchev–Trinajstić information content (AvgIpc) is 2.47. The second kappa shape index (κ2) is 13.8. The zero-order chi connectivity index (χ0) is 21.7. The Balaban J connectivity index is 3.41. The Hall–Kier alpha value is -0.340. The lowest BCUT2D eigenvalue weighted by Crippen LogP contribution is -2.19. The summed E-state index contributed by atoms with van der Waals surface area (Å²) in [7, 11) is -4.06. The molecule has 0 aromatic heterocycles. The summed E-state index contributed by atoms with van der Waals surface area (Å²) < 4.78 is 37.4. The van der Waals surface area contributed by atoms with Crippen molar-refractivity contribution in [2.45, 2.75) is 66.4 Å². The van der Waals surface area contributed by atoms with Crippen LogP contribution in [-0.4, -0.2) is 62.5 Å². The zero-order valence-corrected chi connectivity index (χ0v) is 19.2. The van der Waals surface area contributed by atoms with Gasteiger partial charge in [0.25, 0.3) is 0 Å². The number of hydrogen-bond donors (Lipinski definition) is 1. The summed E-state index contributed by atoms with van der Waals surface area (Å²) in [4.78, 5) is 21.2. The molecule has 0 aliphatic rings. The van der Waals surface area contributed by atoms with Gasteiger partial charge in [0.2, 0.25) is 0 Å². The number of phosphoric ester groups is 1. The van der Waals surface area contributed by atoms with E-state index in [1.807, 2.05) is 0 Å². The van der Waals surface area contributed by atoms with Crippen LogP contribution in [0, 0.1) is 5.41 Å². The highest BCUT2D eigenvalue weighted by atomic mass is 31.2. The van der Waals surface area contributed by atoms with Crippen molar-refractivity contribution in [2.75, 3.05) is 46.2 Å². The van der Waals surface area contributed by atoms with E-state index in [4.69, 9.17) is 23.3 Å². The fraction of sp³-hybridized carbons (Fsp3) is 0.947. The summed E-state index contributed by atoms with van der Waals surface area (Å²) in [5.41, 5.74) is -0.721. The maximum absolute atomic E-state index is 11.7. The van der Waals surface area contributed by atoms with Crippen LogP contribution in [0.25, 0.3) is 0 Å². The first-order valence-electron chi connectivity index (χ1n) is 9.74. The van der Waals surface area contributed by atoms with Crippen LogP contribution in [0.4, 0.5) is 0 Å². The molecule has 0 saturated carbocycles. The van der Waals surface area contributed by atoms with Gasteiger partial charge in [-0.15, -0.1) is 0 Å². The molecule has 0 aromatic carbocycles. The van der Waals surface area contributed by atoms with E-state index in [2.05, 4.69) is 20.8 Å². The Morgan fingerprint density at radius 1 is 0.821 bits per heavy atom. The van der Waals surface area contributed by atoms with Crippen molar-refractivity contribution in [1.29, 1.82) is 0 Å². The second-order valence-corrected chi connectivity index (χ2v) is 10.1. The van der Waals surface area contributed by atoms with Gasteiger partial charge in [0.05, 0.1) is 45.2 Å². The highest BCUT2D eigenvalue weighted by Crippen LogP contribution is 2.46. The molecule has 0 amide bonds. The van der Waals surface area contributed by atoms with Crippen LogP contribution in [0.5, 0.6) is 0 Å². The Morgan fingerprint density at radius 2 is 1.29 bits per heavy atom. The van der Waals surface area contributed by atoms with Crippen molar-refractivity contribution in [2.24, 2.45) is 5.41 Å². The number of Topliss-reactive ketones (excluding diaryl/α,β-unsaturated/α-hetero) is 1. The molecule has 1 N–H and O–H groups in total. The van der Waals surface area contributed by atoms with Gasteiger partial charge in [-0.25, -0.2) is 4.57 Å². The van der Waals surface area contributed by atoms with Crippen molar-refractivity contribution in [3.8, 4) is 0 Å². The highest BCUT2D eigenvalue weighted by Gasteiger charge is 2.28. The van der Waals surface area contributed by atoms with Gasteiger partial charge in [-0.2, -0.15) is 0 Å². The van der Waals surface area contributed by atoms with Gasteiger partial charge >= 0.3 is 7.82 Å². The summed E-state index contributed by atoms with van der Waals surface area (Å²) in [5, 5.41) is 0. The lowest BCUT2D eigenvalue weighted by molar-refractivity contribution is -0.121. The molecule has 0 radical (unpaired) electrons. The van der Waals surface area contributed by atoms with Gasteiger partial charge in [-0.3, -0.25) is 13.8 Å². The van der Waals surface area contributed by atoms with Crippen LogP contribution in [0.3, 0.4) is 0 Å². The molecular weight excluding hydrogens is 387 g/mol. The van der Waals surface area contributed by atoms with E-state index in [1.165, 1.54) is 0 Å². The highest BCUT2D eigenvalue weighted by molar-refractivity contribution is 7.47. The monoisotopic (exact) mass is 426 g/mol. The maximum atomic E-state index is 11.7. The maximum Gasteiger partial charge on any atom is 0.472 e. The number of rotatable bonds is 16. The molecule has 0 saturated heterocycles. The molecule has 0 aliphatic carbocycles. The van der Waals surface area contributed by atoms with Gasteiger partial charge in [-0.1, -0.05) is 20.8 Å². The minimum absolute atomic E-state index is 0.0396. The number of carbonyl (C=O) groups excluding carboxylic acids is 1. The fourth-order valence-electron chi connectivity index (χ4n) is 2.18. The number of carbonyl (C=O) groups is 1.